The van der Waals surface area contributed by atoms with Gasteiger partial charge in [-0.3, -0.25) is 4.79 Å². The van der Waals surface area contributed by atoms with Crippen LogP contribution >= 0.6 is 11.3 Å². The molecule has 1 aromatic heterocycles. The third-order valence-electron chi connectivity index (χ3n) is 4.45. The highest BCUT2D eigenvalue weighted by Crippen LogP contribution is 2.30. The molecule has 0 spiro atoms. The molecule has 3 nitrogen and oxygen atoms in total. The smallest absolute Gasteiger partial charge is 0.265 e. The molecule has 0 unspecified atom stereocenters. The zero-order chi connectivity index (χ0) is 15.2. The zero-order valence-electron chi connectivity index (χ0n) is 12.9. The fourth-order valence-corrected chi connectivity index (χ4v) is 3.82. The van der Waals surface area contributed by atoms with Gasteiger partial charge in [0, 0.05) is 18.7 Å². The molecule has 21 heavy (non-hydrogen) atoms. The maximum atomic E-state index is 12.7. The van der Waals surface area contributed by atoms with Gasteiger partial charge in [-0.05, 0) is 43.0 Å². The monoisotopic (exact) mass is 304 g/mol. The molecular weight excluding hydrogens is 280 g/mol. The summed E-state index contributed by atoms with van der Waals surface area (Å²) in [6.07, 6.45) is 5.98. The van der Waals surface area contributed by atoms with E-state index < -0.39 is 0 Å². The number of carbonyl (C=O) groups excluding carboxylic acids is 1. The maximum Gasteiger partial charge on any atom is 0.265 e. The summed E-state index contributed by atoms with van der Waals surface area (Å²) < 4.78 is 0. The van der Waals surface area contributed by atoms with E-state index in [0.29, 0.717) is 12.6 Å². The Bertz CT molecular complexity index is 532. The fourth-order valence-electron chi connectivity index (χ4n) is 2.99. The van der Waals surface area contributed by atoms with Crippen molar-refractivity contribution in [2.45, 2.75) is 45.1 Å². The number of nitrogens with zero attached hydrogens (tertiary/aromatic N) is 1. The van der Waals surface area contributed by atoms with Crippen LogP contribution in [0, 0.1) is 17.8 Å². The molecule has 114 valence electrons. The molecule has 0 bridgehead atoms. The summed E-state index contributed by atoms with van der Waals surface area (Å²) in [5, 5.41) is 1.93. The van der Waals surface area contributed by atoms with Crippen molar-refractivity contribution >= 4 is 17.2 Å². The fraction of sp³-hybridized carbons (Fsp3) is 0.588. The highest BCUT2D eigenvalue weighted by molar-refractivity contribution is 7.12. The minimum absolute atomic E-state index is 0.103. The molecule has 1 aromatic rings. The first-order valence-electron chi connectivity index (χ1n) is 7.71. The molecule has 1 fully saturated rings. The molecule has 1 saturated carbocycles. The van der Waals surface area contributed by atoms with Crippen molar-refractivity contribution < 1.29 is 4.79 Å². The standard InChI is InChI=1S/C17H24N2OS/c1-3-13-6-8-15(9-7-13)19(2)17(20)16-14(5-4-11-18)10-12-21-16/h10,12-13,15H,3,6-9,11,18H2,1-2H3. The summed E-state index contributed by atoms with van der Waals surface area (Å²) in [5.41, 5.74) is 6.22. The van der Waals surface area contributed by atoms with Gasteiger partial charge in [0.25, 0.3) is 5.91 Å². The van der Waals surface area contributed by atoms with E-state index in [0.717, 1.165) is 29.2 Å². The van der Waals surface area contributed by atoms with Crippen molar-refractivity contribution in [3.63, 3.8) is 0 Å². The molecule has 0 atom stereocenters. The number of hydrogen-bond donors (Lipinski definition) is 1. The van der Waals surface area contributed by atoms with Crippen molar-refractivity contribution in [2.75, 3.05) is 13.6 Å². The lowest BCUT2D eigenvalue weighted by Gasteiger charge is -2.34. The summed E-state index contributed by atoms with van der Waals surface area (Å²) in [6, 6.07) is 2.28. The van der Waals surface area contributed by atoms with E-state index in [-0.39, 0.29) is 5.91 Å². The van der Waals surface area contributed by atoms with Crippen LogP contribution in [0.2, 0.25) is 0 Å². The van der Waals surface area contributed by atoms with Gasteiger partial charge in [-0.25, -0.2) is 0 Å². The topological polar surface area (TPSA) is 46.3 Å². The predicted molar refractivity (Wildman–Crippen MR) is 88.4 cm³/mol. The summed E-state index contributed by atoms with van der Waals surface area (Å²) in [7, 11) is 1.93. The van der Waals surface area contributed by atoms with Gasteiger partial charge in [0.05, 0.1) is 6.54 Å². The average Bonchev–Trinajstić information content (AvgIpc) is 3.00. The Morgan fingerprint density at radius 3 is 2.76 bits per heavy atom. The second kappa shape index (κ2) is 7.63. The van der Waals surface area contributed by atoms with Gasteiger partial charge in [0.1, 0.15) is 4.88 Å². The van der Waals surface area contributed by atoms with E-state index in [2.05, 4.69) is 18.8 Å². The van der Waals surface area contributed by atoms with Gasteiger partial charge in [0.2, 0.25) is 0 Å². The Morgan fingerprint density at radius 1 is 1.43 bits per heavy atom. The maximum absolute atomic E-state index is 12.7. The predicted octanol–water partition coefficient (Wildman–Crippen LogP) is 3.10. The van der Waals surface area contributed by atoms with Crippen LogP contribution in [0.15, 0.2) is 11.4 Å². The normalized spacial score (nSPS) is 21.5. The third kappa shape index (κ3) is 3.87. The van der Waals surface area contributed by atoms with Crippen molar-refractivity contribution in [1.29, 1.82) is 0 Å². The summed E-state index contributed by atoms with van der Waals surface area (Å²) >= 11 is 1.47. The number of hydrogen-bond acceptors (Lipinski definition) is 3. The summed E-state index contributed by atoms with van der Waals surface area (Å²) in [5.74, 6) is 6.78. The highest BCUT2D eigenvalue weighted by atomic mass is 32.1. The Kier molecular flexibility index (Phi) is 5.84. The van der Waals surface area contributed by atoms with E-state index in [9.17, 15) is 4.79 Å². The summed E-state index contributed by atoms with van der Waals surface area (Å²) in [6.45, 7) is 2.58. The van der Waals surface area contributed by atoms with Gasteiger partial charge in [0.15, 0.2) is 0 Å². The lowest BCUT2D eigenvalue weighted by molar-refractivity contribution is 0.0679. The molecule has 0 radical (unpaired) electrons. The van der Waals surface area contributed by atoms with Crippen LogP contribution in [0.4, 0.5) is 0 Å². The number of carbonyl (C=O) groups is 1. The molecule has 0 aliphatic heterocycles. The summed E-state index contributed by atoms with van der Waals surface area (Å²) in [4.78, 5) is 15.3. The molecule has 1 aliphatic rings. The van der Waals surface area contributed by atoms with E-state index in [4.69, 9.17) is 5.73 Å². The van der Waals surface area contributed by atoms with Gasteiger partial charge < -0.3 is 10.6 Å². The minimum Gasteiger partial charge on any atom is -0.338 e. The first-order chi connectivity index (χ1) is 10.2. The lowest BCUT2D eigenvalue weighted by atomic mass is 9.84. The van der Waals surface area contributed by atoms with E-state index >= 15 is 0 Å². The molecular formula is C17H24N2OS. The van der Waals surface area contributed by atoms with E-state index in [1.54, 1.807) is 0 Å². The first-order valence-corrected chi connectivity index (χ1v) is 8.58. The molecule has 4 heteroatoms. The van der Waals surface area contributed by atoms with Gasteiger partial charge >= 0.3 is 0 Å². The van der Waals surface area contributed by atoms with Crippen LogP contribution in [0.5, 0.6) is 0 Å². The Labute approximate surface area is 131 Å². The molecule has 1 amide bonds. The number of thiophene rings is 1. The van der Waals surface area contributed by atoms with Crippen molar-refractivity contribution in [3.8, 4) is 11.8 Å². The Hall–Kier alpha value is -1.31. The van der Waals surface area contributed by atoms with Crippen LogP contribution in [0.3, 0.4) is 0 Å². The van der Waals surface area contributed by atoms with Crippen LogP contribution in [0.25, 0.3) is 0 Å². The second-order valence-corrected chi connectivity index (χ2v) is 6.58. The van der Waals surface area contributed by atoms with E-state index in [1.165, 1.54) is 30.6 Å². The van der Waals surface area contributed by atoms with Gasteiger partial charge in [-0.2, -0.15) is 0 Å². The molecule has 1 aliphatic carbocycles. The second-order valence-electron chi connectivity index (χ2n) is 5.67. The van der Waals surface area contributed by atoms with Crippen LogP contribution in [-0.2, 0) is 0 Å². The first kappa shape index (κ1) is 16.1. The number of rotatable bonds is 3. The Balaban J connectivity index is 2.04. The van der Waals surface area contributed by atoms with Gasteiger partial charge in [-0.15, -0.1) is 11.3 Å². The number of amides is 1. The quantitative estimate of drug-likeness (QED) is 0.872. The molecule has 0 aromatic carbocycles. The molecule has 2 rings (SSSR count). The third-order valence-corrected chi connectivity index (χ3v) is 5.35. The molecule has 1 heterocycles. The van der Waals surface area contributed by atoms with Crippen molar-refractivity contribution in [1.82, 2.24) is 4.90 Å². The SMILES string of the molecule is CCC1CCC(N(C)C(=O)c2sccc2C#CCN)CC1. The molecule has 0 saturated heterocycles. The highest BCUT2D eigenvalue weighted by Gasteiger charge is 2.27. The average molecular weight is 304 g/mol. The largest absolute Gasteiger partial charge is 0.338 e. The van der Waals surface area contributed by atoms with E-state index in [1.807, 2.05) is 23.4 Å². The zero-order valence-corrected chi connectivity index (χ0v) is 13.7. The van der Waals surface area contributed by atoms with Crippen LogP contribution < -0.4 is 5.73 Å². The van der Waals surface area contributed by atoms with Crippen molar-refractivity contribution in [2.24, 2.45) is 11.7 Å². The van der Waals surface area contributed by atoms with Crippen LogP contribution in [-0.4, -0.2) is 30.4 Å². The number of nitrogens with two attached hydrogens (primary N) is 1. The molecule has 2 N–H and O–H groups in total. The van der Waals surface area contributed by atoms with Crippen molar-refractivity contribution in [3.05, 3.63) is 21.9 Å². The lowest BCUT2D eigenvalue weighted by Crippen LogP contribution is -2.39. The Morgan fingerprint density at radius 2 is 2.14 bits per heavy atom. The minimum atomic E-state index is 0.103. The van der Waals surface area contributed by atoms with Gasteiger partial charge in [-0.1, -0.05) is 25.2 Å². The van der Waals surface area contributed by atoms with Crippen LogP contribution in [0.1, 0.15) is 54.3 Å².